The SMILES string of the molecule is N#Cc1ccc(-c2cnc(C3CCc4cc(-c5cc(Cl)ccc5-n5cnnn5)cc(=O)n43)[nH]2)cc1F. The minimum atomic E-state index is -0.594. The zero-order valence-corrected chi connectivity index (χ0v) is 19.3. The van der Waals surface area contributed by atoms with Gasteiger partial charge in [-0.05, 0) is 65.2 Å². The molecule has 176 valence electrons. The normalized spacial score (nSPS) is 14.5. The van der Waals surface area contributed by atoms with Crippen molar-refractivity contribution in [1.29, 1.82) is 5.26 Å². The highest BCUT2D eigenvalue weighted by Crippen LogP contribution is 2.34. The van der Waals surface area contributed by atoms with Crippen LogP contribution in [-0.4, -0.2) is 34.7 Å². The number of halogens is 2. The number of aromatic amines is 1. The minimum absolute atomic E-state index is 0.0199. The summed E-state index contributed by atoms with van der Waals surface area (Å²) in [6, 6.07) is 14.8. The molecule has 36 heavy (non-hydrogen) atoms. The number of benzene rings is 2. The Morgan fingerprint density at radius 1 is 1.14 bits per heavy atom. The fourth-order valence-electron chi connectivity index (χ4n) is 4.65. The Bertz CT molecular complexity index is 1720. The molecule has 0 bridgehead atoms. The van der Waals surface area contributed by atoms with E-state index in [-0.39, 0.29) is 17.2 Å². The Balaban J connectivity index is 1.37. The first-order valence-corrected chi connectivity index (χ1v) is 11.4. The maximum atomic E-state index is 14.1. The van der Waals surface area contributed by atoms with Crippen molar-refractivity contribution < 1.29 is 4.39 Å². The summed E-state index contributed by atoms with van der Waals surface area (Å²) in [5, 5.41) is 20.9. The van der Waals surface area contributed by atoms with E-state index in [4.69, 9.17) is 16.9 Å². The van der Waals surface area contributed by atoms with Crippen LogP contribution in [0.5, 0.6) is 0 Å². The van der Waals surface area contributed by atoms with Crippen LogP contribution in [0.3, 0.4) is 0 Å². The van der Waals surface area contributed by atoms with E-state index >= 15 is 0 Å². The Hall–Kier alpha value is -4.62. The third kappa shape index (κ3) is 3.66. The maximum Gasteiger partial charge on any atom is 0.252 e. The molecule has 5 aromatic rings. The van der Waals surface area contributed by atoms with Crippen molar-refractivity contribution in [2.24, 2.45) is 0 Å². The number of rotatable bonds is 4. The van der Waals surface area contributed by atoms with Crippen LogP contribution in [0.4, 0.5) is 4.39 Å². The summed E-state index contributed by atoms with van der Waals surface area (Å²) in [4.78, 5) is 21.0. The summed E-state index contributed by atoms with van der Waals surface area (Å²) in [6.07, 6.45) is 4.45. The highest BCUT2D eigenvalue weighted by molar-refractivity contribution is 6.31. The van der Waals surface area contributed by atoms with E-state index in [9.17, 15) is 9.18 Å². The van der Waals surface area contributed by atoms with Crippen LogP contribution in [0, 0.1) is 17.1 Å². The van der Waals surface area contributed by atoms with Crippen molar-refractivity contribution in [1.82, 2.24) is 34.7 Å². The Morgan fingerprint density at radius 2 is 2.03 bits per heavy atom. The molecule has 3 aromatic heterocycles. The molecular formula is C25H16ClFN8O. The standard InChI is InChI=1S/C25H16ClFN8O/c26-17-3-5-22(34-13-30-32-33-34)19(10-17)16-7-18-4-6-23(35(18)24(36)9-16)25-29-12-21(31-25)14-1-2-15(11-28)20(27)8-14/h1-3,5,7-10,12-13,23H,4,6H2,(H,29,31). The lowest BCUT2D eigenvalue weighted by Gasteiger charge is -2.15. The van der Waals surface area contributed by atoms with E-state index in [1.165, 1.54) is 23.1 Å². The fraction of sp³-hybridized carbons (Fsp3) is 0.120. The molecular weight excluding hydrogens is 483 g/mol. The molecule has 1 atom stereocenters. The van der Waals surface area contributed by atoms with Gasteiger partial charge in [0.2, 0.25) is 0 Å². The quantitative estimate of drug-likeness (QED) is 0.399. The zero-order valence-electron chi connectivity index (χ0n) is 18.6. The number of hydrogen-bond donors (Lipinski definition) is 1. The van der Waals surface area contributed by atoms with Crippen LogP contribution in [0.15, 0.2) is 65.8 Å². The van der Waals surface area contributed by atoms with Crippen LogP contribution >= 0.6 is 11.6 Å². The summed E-state index contributed by atoms with van der Waals surface area (Å²) >= 11 is 6.27. The van der Waals surface area contributed by atoms with Crippen LogP contribution in [-0.2, 0) is 6.42 Å². The van der Waals surface area contributed by atoms with Crippen molar-refractivity contribution >= 4 is 11.6 Å². The first-order valence-electron chi connectivity index (χ1n) is 11.1. The molecule has 0 fully saturated rings. The second kappa shape index (κ2) is 8.55. The van der Waals surface area contributed by atoms with E-state index in [0.717, 1.165) is 11.3 Å². The van der Waals surface area contributed by atoms with Gasteiger partial charge in [0, 0.05) is 27.9 Å². The van der Waals surface area contributed by atoms with Crippen LogP contribution < -0.4 is 5.56 Å². The molecule has 1 aliphatic heterocycles. The highest BCUT2D eigenvalue weighted by atomic mass is 35.5. The number of fused-ring (bicyclic) bond motifs is 1. The summed E-state index contributed by atoms with van der Waals surface area (Å²) in [5.74, 6) is 0.0173. The molecule has 0 saturated heterocycles. The largest absolute Gasteiger partial charge is 0.340 e. The Labute approximate surface area is 208 Å². The highest BCUT2D eigenvalue weighted by Gasteiger charge is 2.28. The first kappa shape index (κ1) is 21.9. The topological polar surface area (TPSA) is 118 Å². The van der Waals surface area contributed by atoms with Crippen molar-refractivity contribution in [3.63, 3.8) is 0 Å². The molecule has 0 spiro atoms. The van der Waals surface area contributed by atoms with Crippen molar-refractivity contribution in [3.05, 3.63) is 99.3 Å². The molecule has 1 unspecified atom stereocenters. The summed E-state index contributed by atoms with van der Waals surface area (Å²) in [5.41, 5.74) is 4.01. The van der Waals surface area contributed by atoms with Gasteiger partial charge in [-0.25, -0.2) is 9.37 Å². The Morgan fingerprint density at radius 3 is 2.81 bits per heavy atom. The summed E-state index contributed by atoms with van der Waals surface area (Å²) in [6.45, 7) is 0. The molecule has 1 aliphatic rings. The molecule has 0 saturated carbocycles. The lowest BCUT2D eigenvalue weighted by Crippen LogP contribution is -2.23. The molecule has 4 heterocycles. The van der Waals surface area contributed by atoms with E-state index in [0.29, 0.717) is 46.2 Å². The van der Waals surface area contributed by atoms with Gasteiger partial charge in [0.15, 0.2) is 0 Å². The van der Waals surface area contributed by atoms with Gasteiger partial charge in [-0.15, -0.1) is 5.10 Å². The van der Waals surface area contributed by atoms with Gasteiger partial charge in [-0.1, -0.05) is 17.7 Å². The van der Waals surface area contributed by atoms with Gasteiger partial charge >= 0.3 is 0 Å². The molecule has 0 aliphatic carbocycles. The van der Waals surface area contributed by atoms with Crippen LogP contribution in [0.2, 0.25) is 5.02 Å². The monoisotopic (exact) mass is 498 g/mol. The molecule has 1 N–H and O–H groups in total. The van der Waals surface area contributed by atoms with E-state index in [2.05, 4.69) is 25.5 Å². The third-order valence-electron chi connectivity index (χ3n) is 6.31. The predicted octanol–water partition coefficient (Wildman–Crippen LogP) is 4.08. The van der Waals surface area contributed by atoms with Gasteiger partial charge in [-0.2, -0.15) is 9.94 Å². The Kier molecular flexibility index (Phi) is 5.20. The van der Waals surface area contributed by atoms with Gasteiger partial charge in [0.1, 0.15) is 24.0 Å². The van der Waals surface area contributed by atoms with Crippen molar-refractivity contribution in [3.8, 4) is 34.1 Å². The summed E-state index contributed by atoms with van der Waals surface area (Å²) in [7, 11) is 0. The molecule has 6 rings (SSSR count). The summed E-state index contributed by atoms with van der Waals surface area (Å²) < 4.78 is 17.3. The number of nitrogens with zero attached hydrogens (tertiary/aromatic N) is 7. The minimum Gasteiger partial charge on any atom is -0.340 e. The van der Waals surface area contributed by atoms with Crippen LogP contribution in [0.1, 0.15) is 29.5 Å². The second-order valence-electron chi connectivity index (χ2n) is 8.40. The molecule has 2 aromatic carbocycles. The zero-order chi connectivity index (χ0) is 24.8. The number of nitrogens with one attached hydrogen (secondary N) is 1. The van der Waals surface area contributed by atoms with Crippen LogP contribution in [0.25, 0.3) is 28.1 Å². The predicted molar refractivity (Wildman–Crippen MR) is 129 cm³/mol. The number of nitriles is 1. The average Bonchev–Trinajstić information content (AvgIpc) is 3.64. The lowest BCUT2D eigenvalue weighted by atomic mass is 10.0. The number of imidazole rings is 1. The maximum absolute atomic E-state index is 14.1. The van der Waals surface area contributed by atoms with Crippen molar-refractivity contribution in [2.45, 2.75) is 18.9 Å². The van der Waals surface area contributed by atoms with E-state index in [1.54, 1.807) is 41.1 Å². The molecule has 9 nitrogen and oxygen atoms in total. The van der Waals surface area contributed by atoms with Gasteiger partial charge in [0.25, 0.3) is 5.56 Å². The lowest BCUT2D eigenvalue weighted by molar-refractivity contribution is 0.572. The van der Waals surface area contributed by atoms with E-state index in [1.807, 2.05) is 12.1 Å². The second-order valence-corrected chi connectivity index (χ2v) is 8.84. The number of tetrazole rings is 1. The number of pyridine rings is 1. The fourth-order valence-corrected chi connectivity index (χ4v) is 4.82. The number of aromatic nitrogens is 7. The van der Waals surface area contributed by atoms with Gasteiger partial charge in [0.05, 0.1) is 29.2 Å². The molecule has 11 heteroatoms. The number of hydrogen-bond acceptors (Lipinski definition) is 6. The molecule has 0 radical (unpaired) electrons. The van der Waals surface area contributed by atoms with E-state index < -0.39 is 5.82 Å². The van der Waals surface area contributed by atoms with Gasteiger partial charge in [-0.3, -0.25) is 4.79 Å². The molecule has 0 amide bonds. The number of aryl methyl sites for hydroxylation is 1. The van der Waals surface area contributed by atoms with Crippen molar-refractivity contribution in [2.75, 3.05) is 0 Å². The number of H-pyrrole nitrogens is 1. The smallest absolute Gasteiger partial charge is 0.252 e. The average molecular weight is 499 g/mol. The first-order chi connectivity index (χ1) is 17.5. The third-order valence-corrected chi connectivity index (χ3v) is 6.55. The van der Waals surface area contributed by atoms with Gasteiger partial charge < -0.3 is 9.55 Å².